The van der Waals surface area contributed by atoms with Gasteiger partial charge in [0.05, 0.1) is 12.4 Å². The average molecular weight is 230 g/mol. The molecule has 0 aliphatic carbocycles. The van der Waals surface area contributed by atoms with Gasteiger partial charge in [0.1, 0.15) is 11.0 Å². The summed E-state index contributed by atoms with van der Waals surface area (Å²) in [5, 5.41) is 12.5. The molecule has 0 radical (unpaired) electrons. The van der Waals surface area contributed by atoms with E-state index in [1.54, 1.807) is 6.20 Å². The first kappa shape index (κ1) is 12.2. The first-order valence-electron chi connectivity index (χ1n) is 4.98. The smallest absolute Gasteiger partial charge is 0.149 e. The monoisotopic (exact) mass is 229 g/mol. The van der Waals surface area contributed by atoms with E-state index in [0.717, 1.165) is 0 Å². The number of nitrogens with zero attached hydrogens (tertiary/aromatic N) is 2. The molecule has 0 aromatic carbocycles. The predicted octanol–water partition coefficient (Wildman–Crippen LogP) is 1.95. The number of anilines is 1. The molecule has 0 spiro atoms. The van der Waals surface area contributed by atoms with E-state index >= 15 is 0 Å². The molecule has 1 aromatic rings. The Labute approximate surface area is 94.7 Å². The highest BCUT2D eigenvalue weighted by Gasteiger charge is 2.13. The van der Waals surface area contributed by atoms with Gasteiger partial charge < -0.3 is 10.4 Å². The molecule has 84 valence electrons. The molecule has 1 rings (SSSR count). The van der Waals surface area contributed by atoms with Crippen LogP contribution in [0.1, 0.15) is 20.3 Å². The number of aromatic nitrogens is 2. The van der Waals surface area contributed by atoms with Crippen LogP contribution < -0.4 is 5.32 Å². The lowest BCUT2D eigenvalue weighted by Crippen LogP contribution is -2.27. The number of hydrogen-bond donors (Lipinski definition) is 2. The first-order chi connectivity index (χ1) is 7.13. The Bertz CT molecular complexity index is 306. The Morgan fingerprint density at radius 3 is 2.73 bits per heavy atom. The van der Waals surface area contributed by atoms with Gasteiger partial charge in [-0.3, -0.25) is 4.98 Å². The van der Waals surface area contributed by atoms with E-state index in [2.05, 4.69) is 29.1 Å². The van der Waals surface area contributed by atoms with Crippen LogP contribution in [0.25, 0.3) is 0 Å². The van der Waals surface area contributed by atoms with E-state index in [1.165, 1.54) is 6.20 Å². The molecule has 2 N–H and O–H groups in total. The van der Waals surface area contributed by atoms with Crippen LogP contribution in [0.5, 0.6) is 0 Å². The lowest BCUT2D eigenvalue weighted by molar-refractivity contribution is 0.267. The standard InChI is InChI=1S/C10H16ClN3O/c1-7(2)8(3-4-15)13-10-6-12-5-9(11)14-10/h5-8,15H,3-4H2,1-2H3,(H,13,14)/t8-/m1/s1. The Balaban J connectivity index is 2.65. The molecule has 1 aromatic heterocycles. The van der Waals surface area contributed by atoms with Crippen LogP contribution in [0.4, 0.5) is 5.82 Å². The van der Waals surface area contributed by atoms with Crippen molar-refractivity contribution < 1.29 is 5.11 Å². The van der Waals surface area contributed by atoms with Gasteiger partial charge in [0, 0.05) is 12.6 Å². The van der Waals surface area contributed by atoms with Crippen molar-refractivity contribution in [2.24, 2.45) is 5.92 Å². The number of halogens is 1. The summed E-state index contributed by atoms with van der Waals surface area (Å²) >= 11 is 5.72. The van der Waals surface area contributed by atoms with Gasteiger partial charge in [-0.1, -0.05) is 25.4 Å². The van der Waals surface area contributed by atoms with Crippen LogP contribution in [0.3, 0.4) is 0 Å². The lowest BCUT2D eigenvalue weighted by Gasteiger charge is -2.21. The van der Waals surface area contributed by atoms with Gasteiger partial charge in [0.25, 0.3) is 0 Å². The maximum atomic E-state index is 8.92. The Hall–Kier alpha value is -0.870. The molecule has 5 heteroatoms. The molecule has 4 nitrogen and oxygen atoms in total. The third kappa shape index (κ3) is 4.01. The molecule has 0 fully saturated rings. The molecule has 1 heterocycles. The van der Waals surface area contributed by atoms with Crippen molar-refractivity contribution in [1.29, 1.82) is 0 Å². The van der Waals surface area contributed by atoms with E-state index in [9.17, 15) is 0 Å². The summed E-state index contributed by atoms with van der Waals surface area (Å²) in [6, 6.07) is 0.183. The number of nitrogens with one attached hydrogen (secondary N) is 1. The Morgan fingerprint density at radius 1 is 1.47 bits per heavy atom. The van der Waals surface area contributed by atoms with Crippen molar-refractivity contribution in [1.82, 2.24) is 9.97 Å². The zero-order valence-corrected chi connectivity index (χ0v) is 9.70. The highest BCUT2D eigenvalue weighted by Crippen LogP contribution is 2.13. The van der Waals surface area contributed by atoms with Crippen molar-refractivity contribution in [3.63, 3.8) is 0 Å². The highest BCUT2D eigenvalue weighted by atomic mass is 35.5. The molecule has 1 atom stereocenters. The Morgan fingerprint density at radius 2 is 2.20 bits per heavy atom. The number of aliphatic hydroxyl groups is 1. The molecule has 0 bridgehead atoms. The SMILES string of the molecule is CC(C)[C@@H](CCO)Nc1cncc(Cl)n1. The fourth-order valence-corrected chi connectivity index (χ4v) is 1.46. The van der Waals surface area contributed by atoms with Crippen LogP contribution in [-0.4, -0.2) is 27.7 Å². The summed E-state index contributed by atoms with van der Waals surface area (Å²) < 4.78 is 0. The van der Waals surface area contributed by atoms with Gasteiger partial charge in [-0.25, -0.2) is 4.98 Å². The maximum absolute atomic E-state index is 8.92. The Kier molecular flexibility index (Phi) is 4.78. The summed E-state index contributed by atoms with van der Waals surface area (Å²) in [6.07, 6.45) is 3.80. The average Bonchev–Trinajstić information content (AvgIpc) is 2.17. The van der Waals surface area contributed by atoms with Crippen molar-refractivity contribution in [2.75, 3.05) is 11.9 Å². The van der Waals surface area contributed by atoms with Gasteiger partial charge in [0.15, 0.2) is 0 Å². The second kappa shape index (κ2) is 5.88. The number of hydrogen-bond acceptors (Lipinski definition) is 4. The van der Waals surface area contributed by atoms with E-state index in [4.69, 9.17) is 16.7 Å². The molecule has 0 amide bonds. The zero-order chi connectivity index (χ0) is 11.3. The number of rotatable bonds is 5. The second-order valence-corrected chi connectivity index (χ2v) is 4.12. The third-order valence-electron chi connectivity index (χ3n) is 2.18. The molecule has 15 heavy (non-hydrogen) atoms. The maximum Gasteiger partial charge on any atom is 0.149 e. The summed E-state index contributed by atoms with van der Waals surface area (Å²) in [5.74, 6) is 1.06. The molecular formula is C10H16ClN3O. The topological polar surface area (TPSA) is 58.0 Å². The third-order valence-corrected chi connectivity index (χ3v) is 2.37. The summed E-state index contributed by atoms with van der Waals surface area (Å²) in [6.45, 7) is 4.33. The van der Waals surface area contributed by atoms with E-state index in [-0.39, 0.29) is 12.6 Å². The minimum atomic E-state index is 0.157. The van der Waals surface area contributed by atoms with Gasteiger partial charge in [-0.15, -0.1) is 0 Å². The summed E-state index contributed by atoms with van der Waals surface area (Å²) in [5.41, 5.74) is 0. The van der Waals surface area contributed by atoms with Crippen LogP contribution in [0.2, 0.25) is 5.15 Å². The summed E-state index contributed by atoms with van der Waals surface area (Å²) in [4.78, 5) is 8.03. The van der Waals surface area contributed by atoms with Gasteiger partial charge in [-0.2, -0.15) is 0 Å². The van der Waals surface area contributed by atoms with Crippen LogP contribution in [0, 0.1) is 5.92 Å². The van der Waals surface area contributed by atoms with Gasteiger partial charge in [-0.05, 0) is 12.3 Å². The van der Waals surface area contributed by atoms with Crippen molar-refractivity contribution in [3.05, 3.63) is 17.5 Å². The molecular weight excluding hydrogens is 214 g/mol. The summed E-state index contributed by atoms with van der Waals surface area (Å²) in [7, 11) is 0. The van der Waals surface area contributed by atoms with E-state index < -0.39 is 0 Å². The molecule has 0 aliphatic rings. The lowest BCUT2D eigenvalue weighted by atomic mass is 10.0. The first-order valence-corrected chi connectivity index (χ1v) is 5.36. The number of aliphatic hydroxyl groups excluding tert-OH is 1. The minimum absolute atomic E-state index is 0.157. The van der Waals surface area contributed by atoms with Gasteiger partial charge in [0.2, 0.25) is 0 Å². The van der Waals surface area contributed by atoms with E-state index in [0.29, 0.717) is 23.3 Å². The van der Waals surface area contributed by atoms with E-state index in [1.807, 2.05) is 0 Å². The fraction of sp³-hybridized carbons (Fsp3) is 0.600. The minimum Gasteiger partial charge on any atom is -0.396 e. The molecule has 0 unspecified atom stereocenters. The van der Waals surface area contributed by atoms with Crippen LogP contribution in [0.15, 0.2) is 12.4 Å². The van der Waals surface area contributed by atoms with Crippen LogP contribution in [-0.2, 0) is 0 Å². The van der Waals surface area contributed by atoms with Gasteiger partial charge >= 0.3 is 0 Å². The second-order valence-electron chi connectivity index (χ2n) is 3.73. The molecule has 0 aliphatic heterocycles. The quantitative estimate of drug-likeness (QED) is 0.810. The highest BCUT2D eigenvalue weighted by molar-refractivity contribution is 6.29. The normalized spacial score (nSPS) is 12.9. The van der Waals surface area contributed by atoms with Crippen LogP contribution >= 0.6 is 11.6 Å². The molecule has 0 saturated carbocycles. The van der Waals surface area contributed by atoms with Crippen molar-refractivity contribution in [2.45, 2.75) is 26.3 Å². The zero-order valence-electron chi connectivity index (χ0n) is 8.94. The fourth-order valence-electron chi connectivity index (χ4n) is 1.31. The largest absolute Gasteiger partial charge is 0.396 e. The molecule has 0 saturated heterocycles. The van der Waals surface area contributed by atoms with Crippen molar-refractivity contribution >= 4 is 17.4 Å². The predicted molar refractivity (Wildman–Crippen MR) is 61.0 cm³/mol. The van der Waals surface area contributed by atoms with Crippen molar-refractivity contribution in [3.8, 4) is 0 Å².